The van der Waals surface area contributed by atoms with Gasteiger partial charge < -0.3 is 10.1 Å². The summed E-state index contributed by atoms with van der Waals surface area (Å²) in [4.78, 5) is 23.4. The van der Waals surface area contributed by atoms with Crippen LogP contribution in [-0.2, 0) is 26.9 Å². The van der Waals surface area contributed by atoms with Crippen molar-refractivity contribution < 1.29 is 27.5 Å². The van der Waals surface area contributed by atoms with Crippen molar-refractivity contribution in [1.82, 2.24) is 0 Å². The van der Waals surface area contributed by atoms with E-state index in [1.165, 1.54) is 0 Å². The van der Waals surface area contributed by atoms with Gasteiger partial charge in [0.05, 0.1) is 12.0 Å². The van der Waals surface area contributed by atoms with Crippen molar-refractivity contribution in [2.75, 3.05) is 11.9 Å². The fraction of sp³-hybridized carbons (Fsp3) is 0.176. The van der Waals surface area contributed by atoms with Gasteiger partial charge in [0.15, 0.2) is 6.61 Å². The number of carbonyl (C=O) groups is 2. The van der Waals surface area contributed by atoms with Crippen molar-refractivity contribution in [2.45, 2.75) is 12.6 Å². The Bertz CT molecular complexity index is 760. The normalized spacial score (nSPS) is 11.0. The summed E-state index contributed by atoms with van der Waals surface area (Å²) in [6.45, 7) is -0.524. The number of ether oxygens (including phenoxy) is 1. The van der Waals surface area contributed by atoms with Gasteiger partial charge in [-0.15, -0.1) is 0 Å². The number of alkyl halides is 3. The Morgan fingerprint density at radius 2 is 1.68 bits per heavy atom. The highest BCUT2D eigenvalue weighted by atomic mass is 79.9. The second-order valence-corrected chi connectivity index (χ2v) is 5.91. The van der Waals surface area contributed by atoms with E-state index in [4.69, 9.17) is 4.74 Å². The summed E-state index contributed by atoms with van der Waals surface area (Å²) in [6, 6.07) is 11.1. The first kappa shape index (κ1) is 19.0. The maximum atomic E-state index is 12.5. The minimum Gasteiger partial charge on any atom is -0.455 e. The Balaban J connectivity index is 1.82. The number of anilines is 1. The number of amides is 1. The van der Waals surface area contributed by atoms with Crippen LogP contribution in [0.1, 0.15) is 11.1 Å². The topological polar surface area (TPSA) is 55.4 Å². The van der Waals surface area contributed by atoms with Gasteiger partial charge in [-0.25, -0.2) is 0 Å². The number of halogens is 4. The van der Waals surface area contributed by atoms with Crippen LogP contribution >= 0.6 is 15.9 Å². The van der Waals surface area contributed by atoms with Gasteiger partial charge in [0, 0.05) is 10.2 Å². The highest BCUT2D eigenvalue weighted by Gasteiger charge is 2.29. The first-order chi connectivity index (χ1) is 11.8. The Morgan fingerprint density at radius 1 is 1.04 bits per heavy atom. The predicted molar refractivity (Wildman–Crippen MR) is 88.9 cm³/mol. The number of hydrogen-bond donors (Lipinski definition) is 1. The third kappa shape index (κ3) is 5.90. The van der Waals surface area contributed by atoms with E-state index in [0.29, 0.717) is 0 Å². The fourth-order valence-electron chi connectivity index (χ4n) is 1.93. The molecular weight excluding hydrogens is 403 g/mol. The molecule has 132 valence electrons. The monoisotopic (exact) mass is 415 g/mol. The highest BCUT2D eigenvalue weighted by Crippen LogP contribution is 2.29. The van der Waals surface area contributed by atoms with E-state index in [2.05, 4.69) is 21.2 Å². The van der Waals surface area contributed by atoms with Crippen LogP contribution in [0, 0.1) is 0 Å². The Kier molecular flexibility index (Phi) is 6.19. The summed E-state index contributed by atoms with van der Waals surface area (Å²) in [5, 5.41) is 2.36. The minimum atomic E-state index is -4.44. The Morgan fingerprint density at radius 3 is 2.28 bits per heavy atom. The molecule has 0 saturated carbocycles. The second kappa shape index (κ2) is 8.15. The quantitative estimate of drug-likeness (QED) is 0.744. The molecule has 1 N–H and O–H groups in total. The zero-order valence-electron chi connectivity index (χ0n) is 12.8. The average Bonchev–Trinajstić information content (AvgIpc) is 2.55. The van der Waals surface area contributed by atoms with Gasteiger partial charge in [-0.3, -0.25) is 9.59 Å². The molecule has 0 atom stereocenters. The van der Waals surface area contributed by atoms with Gasteiger partial charge in [0.25, 0.3) is 5.91 Å². The molecule has 0 aliphatic carbocycles. The minimum absolute atomic E-state index is 0.00498. The average molecular weight is 416 g/mol. The van der Waals surface area contributed by atoms with E-state index in [-0.39, 0.29) is 12.1 Å². The molecule has 4 nitrogen and oxygen atoms in total. The smallest absolute Gasteiger partial charge is 0.416 e. The van der Waals surface area contributed by atoms with Crippen molar-refractivity contribution >= 4 is 33.5 Å². The zero-order valence-corrected chi connectivity index (χ0v) is 14.4. The number of rotatable bonds is 5. The molecule has 0 spiro atoms. The van der Waals surface area contributed by atoms with Crippen molar-refractivity contribution in [3.63, 3.8) is 0 Å². The Hall–Kier alpha value is -2.35. The van der Waals surface area contributed by atoms with Crippen LogP contribution in [0.15, 0.2) is 53.0 Å². The summed E-state index contributed by atoms with van der Waals surface area (Å²) in [5.74, 6) is -1.23. The lowest BCUT2D eigenvalue weighted by atomic mass is 10.1. The van der Waals surface area contributed by atoms with Crippen LogP contribution in [0.4, 0.5) is 18.9 Å². The molecule has 0 fully saturated rings. The van der Waals surface area contributed by atoms with E-state index < -0.39 is 30.2 Å². The molecule has 0 bridgehead atoms. The molecule has 0 radical (unpaired) electrons. The molecular formula is C17H13BrF3NO3. The van der Waals surface area contributed by atoms with Crippen LogP contribution in [0.2, 0.25) is 0 Å². The van der Waals surface area contributed by atoms with E-state index >= 15 is 0 Å². The van der Waals surface area contributed by atoms with E-state index in [1.807, 2.05) is 0 Å². The van der Waals surface area contributed by atoms with Crippen LogP contribution in [-0.4, -0.2) is 18.5 Å². The zero-order chi connectivity index (χ0) is 18.4. The molecule has 0 saturated heterocycles. The first-order valence-electron chi connectivity index (χ1n) is 7.12. The summed E-state index contributed by atoms with van der Waals surface area (Å²) in [7, 11) is 0. The molecule has 0 aliphatic heterocycles. The number of nitrogens with one attached hydrogen (secondary N) is 1. The van der Waals surface area contributed by atoms with Gasteiger partial charge in [-0.1, -0.05) is 34.1 Å². The van der Waals surface area contributed by atoms with Crippen LogP contribution in [0.3, 0.4) is 0 Å². The second-order valence-electron chi connectivity index (χ2n) is 5.05. The molecule has 1 amide bonds. The van der Waals surface area contributed by atoms with Gasteiger partial charge >= 0.3 is 12.1 Å². The fourth-order valence-corrected chi connectivity index (χ4v) is 2.36. The van der Waals surface area contributed by atoms with E-state index in [0.717, 1.165) is 34.3 Å². The lowest BCUT2D eigenvalue weighted by molar-refractivity contribution is -0.146. The van der Waals surface area contributed by atoms with Crippen LogP contribution < -0.4 is 5.32 Å². The summed E-state index contributed by atoms with van der Waals surface area (Å²) in [5.41, 5.74) is 0.0841. The van der Waals surface area contributed by atoms with Crippen molar-refractivity contribution in [2.24, 2.45) is 0 Å². The van der Waals surface area contributed by atoms with Gasteiger partial charge in [0.1, 0.15) is 0 Å². The first-order valence-corrected chi connectivity index (χ1v) is 7.91. The number of benzene rings is 2. The molecule has 2 rings (SSSR count). The van der Waals surface area contributed by atoms with Gasteiger partial charge in [0.2, 0.25) is 0 Å². The standard InChI is InChI=1S/C17H13BrF3NO3/c18-14-4-2-1-3-11(14)9-16(24)25-10-15(23)22-13-7-5-12(6-8-13)17(19,20)21/h1-8H,9-10H2,(H,22,23). The molecule has 0 heterocycles. The largest absolute Gasteiger partial charge is 0.455 e. The van der Waals surface area contributed by atoms with Gasteiger partial charge in [-0.05, 0) is 35.9 Å². The predicted octanol–water partition coefficient (Wildman–Crippen LogP) is 4.19. The van der Waals surface area contributed by atoms with E-state index in [1.54, 1.807) is 24.3 Å². The number of hydrogen-bond acceptors (Lipinski definition) is 3. The van der Waals surface area contributed by atoms with Crippen LogP contribution in [0.5, 0.6) is 0 Å². The summed E-state index contributed by atoms with van der Waals surface area (Å²) < 4.78 is 43.0. The lowest BCUT2D eigenvalue weighted by Crippen LogP contribution is -2.21. The third-order valence-corrected chi connectivity index (χ3v) is 3.93. The molecule has 0 aromatic heterocycles. The molecule has 2 aromatic rings. The lowest BCUT2D eigenvalue weighted by Gasteiger charge is -2.09. The summed E-state index contributed by atoms with van der Waals surface area (Å²) in [6.07, 6.45) is -4.45. The van der Waals surface area contributed by atoms with Crippen LogP contribution in [0.25, 0.3) is 0 Å². The number of esters is 1. The molecule has 2 aromatic carbocycles. The molecule has 25 heavy (non-hydrogen) atoms. The molecule has 8 heteroatoms. The Labute approximate surface area is 150 Å². The maximum Gasteiger partial charge on any atom is 0.416 e. The number of carbonyl (C=O) groups excluding carboxylic acids is 2. The maximum absolute atomic E-state index is 12.5. The van der Waals surface area contributed by atoms with E-state index in [9.17, 15) is 22.8 Å². The van der Waals surface area contributed by atoms with Crippen molar-refractivity contribution in [1.29, 1.82) is 0 Å². The summed E-state index contributed by atoms with van der Waals surface area (Å²) >= 11 is 3.30. The highest BCUT2D eigenvalue weighted by molar-refractivity contribution is 9.10. The van der Waals surface area contributed by atoms with Crippen molar-refractivity contribution in [3.05, 3.63) is 64.1 Å². The van der Waals surface area contributed by atoms with Gasteiger partial charge in [-0.2, -0.15) is 13.2 Å². The molecule has 0 aliphatic rings. The molecule has 0 unspecified atom stereocenters. The third-order valence-electron chi connectivity index (χ3n) is 3.15. The van der Waals surface area contributed by atoms with Crippen molar-refractivity contribution in [3.8, 4) is 0 Å². The SMILES string of the molecule is O=C(COC(=O)Cc1ccccc1Br)Nc1ccc(C(F)(F)F)cc1.